The molecule has 4 N–H and O–H groups in total. The van der Waals surface area contributed by atoms with E-state index in [1.807, 2.05) is 57.5 Å². The molecule has 0 aliphatic carbocycles. The van der Waals surface area contributed by atoms with Crippen LogP contribution >= 0.6 is 11.3 Å². The maximum Gasteiger partial charge on any atom is 0.246 e. The van der Waals surface area contributed by atoms with E-state index in [1.54, 1.807) is 11.3 Å². The van der Waals surface area contributed by atoms with Crippen LogP contribution < -0.4 is 16.0 Å². The van der Waals surface area contributed by atoms with E-state index in [-0.39, 0.29) is 43.2 Å². The van der Waals surface area contributed by atoms with Crippen molar-refractivity contribution in [1.29, 1.82) is 0 Å². The lowest BCUT2D eigenvalue weighted by Gasteiger charge is -2.35. The molecule has 3 heterocycles. The average molecular weight is 600 g/mol. The minimum atomic E-state index is -0.835. The van der Waals surface area contributed by atoms with Crippen LogP contribution in [0.4, 0.5) is 0 Å². The van der Waals surface area contributed by atoms with Gasteiger partial charge in [0.1, 0.15) is 12.1 Å². The molecule has 42 heavy (non-hydrogen) atoms. The Kier molecular flexibility index (Phi) is 11.1. The predicted octanol–water partition coefficient (Wildman–Crippen LogP) is 2.78. The van der Waals surface area contributed by atoms with Crippen LogP contribution in [0.25, 0.3) is 10.4 Å². The molecule has 0 bridgehead atoms. The molecule has 11 heteroatoms. The number of likely N-dealkylation sites (tertiary alicyclic amines) is 1. The Morgan fingerprint density at radius 3 is 2.55 bits per heavy atom. The quantitative estimate of drug-likeness (QED) is 0.292. The monoisotopic (exact) mass is 599 g/mol. The number of ether oxygens (including phenoxy) is 1. The van der Waals surface area contributed by atoms with Gasteiger partial charge < -0.3 is 30.7 Å². The van der Waals surface area contributed by atoms with E-state index in [9.17, 15) is 19.5 Å². The molecule has 1 aromatic heterocycles. The van der Waals surface area contributed by atoms with Crippen molar-refractivity contribution in [3.8, 4) is 10.4 Å². The molecular weight excluding hydrogens is 554 g/mol. The summed E-state index contributed by atoms with van der Waals surface area (Å²) in [6, 6.07) is 6.29. The molecule has 0 unspecified atom stereocenters. The van der Waals surface area contributed by atoms with Crippen molar-refractivity contribution in [1.82, 2.24) is 25.8 Å². The van der Waals surface area contributed by atoms with E-state index in [0.717, 1.165) is 47.6 Å². The summed E-state index contributed by atoms with van der Waals surface area (Å²) in [6.07, 6.45) is 2.34. The van der Waals surface area contributed by atoms with E-state index >= 15 is 0 Å². The summed E-state index contributed by atoms with van der Waals surface area (Å²) < 4.78 is 5.90. The molecular formula is C31H45N5O5S. The number of nitrogens with one attached hydrogen (secondary N) is 3. The van der Waals surface area contributed by atoms with E-state index in [1.165, 1.54) is 4.90 Å². The molecule has 0 saturated carbocycles. The van der Waals surface area contributed by atoms with Gasteiger partial charge in [0.15, 0.2) is 0 Å². The van der Waals surface area contributed by atoms with Gasteiger partial charge >= 0.3 is 0 Å². The van der Waals surface area contributed by atoms with Crippen LogP contribution in [-0.4, -0.2) is 83.2 Å². The summed E-state index contributed by atoms with van der Waals surface area (Å²) in [5, 5.41) is 19.6. The van der Waals surface area contributed by atoms with Crippen molar-refractivity contribution in [2.45, 2.75) is 90.6 Å². The topological polar surface area (TPSA) is 133 Å². The van der Waals surface area contributed by atoms with Crippen molar-refractivity contribution in [2.75, 3.05) is 26.2 Å². The highest BCUT2D eigenvalue weighted by Gasteiger charge is 2.44. The Morgan fingerprint density at radius 1 is 1.19 bits per heavy atom. The van der Waals surface area contributed by atoms with E-state index in [2.05, 4.69) is 20.9 Å². The number of aliphatic hydroxyl groups is 1. The van der Waals surface area contributed by atoms with Gasteiger partial charge in [-0.15, -0.1) is 11.3 Å². The molecule has 3 amide bonds. The number of β-amino-alcohol motifs (C(OH)–C–C–N with tert-alkyl or cyclic N) is 1. The largest absolute Gasteiger partial charge is 0.391 e. The van der Waals surface area contributed by atoms with Crippen LogP contribution in [0.15, 0.2) is 29.8 Å². The number of rotatable bonds is 11. The third kappa shape index (κ3) is 8.59. The van der Waals surface area contributed by atoms with Gasteiger partial charge in [-0.05, 0) is 55.8 Å². The minimum Gasteiger partial charge on any atom is -0.391 e. The highest BCUT2D eigenvalue weighted by atomic mass is 32.1. The number of amides is 3. The summed E-state index contributed by atoms with van der Waals surface area (Å²) in [4.78, 5) is 46.7. The summed E-state index contributed by atoms with van der Waals surface area (Å²) in [7, 11) is 0. The Hall–Kier alpha value is -2.86. The summed E-state index contributed by atoms with van der Waals surface area (Å²) in [5.74, 6) is -0.908. The second kappa shape index (κ2) is 14.5. The lowest BCUT2D eigenvalue weighted by atomic mass is 9.85. The van der Waals surface area contributed by atoms with Crippen molar-refractivity contribution < 1.29 is 24.2 Å². The molecule has 2 saturated heterocycles. The van der Waals surface area contributed by atoms with Gasteiger partial charge in [-0.25, -0.2) is 4.98 Å². The first-order valence-corrected chi connectivity index (χ1v) is 15.8. The number of hydrogen-bond donors (Lipinski definition) is 4. The van der Waals surface area contributed by atoms with Gasteiger partial charge in [-0.3, -0.25) is 14.4 Å². The van der Waals surface area contributed by atoms with Crippen molar-refractivity contribution in [2.24, 2.45) is 5.41 Å². The first kappa shape index (κ1) is 32.1. The van der Waals surface area contributed by atoms with Gasteiger partial charge in [0, 0.05) is 32.5 Å². The summed E-state index contributed by atoms with van der Waals surface area (Å²) in [5.41, 5.74) is 4.21. The number of carbonyl (C=O) groups excluding carboxylic acids is 3. The third-order valence-electron chi connectivity index (χ3n) is 7.90. The van der Waals surface area contributed by atoms with Crippen LogP contribution in [0.1, 0.15) is 64.1 Å². The van der Waals surface area contributed by atoms with Gasteiger partial charge in [0.2, 0.25) is 17.7 Å². The smallest absolute Gasteiger partial charge is 0.246 e. The second-order valence-corrected chi connectivity index (χ2v) is 13.2. The highest BCUT2D eigenvalue weighted by Crippen LogP contribution is 2.28. The normalized spacial score (nSPS) is 20.4. The second-order valence-electron chi connectivity index (χ2n) is 12.4. The molecule has 2 aliphatic heterocycles. The van der Waals surface area contributed by atoms with Gasteiger partial charge in [0.05, 0.1) is 28.3 Å². The lowest BCUT2D eigenvalue weighted by Crippen LogP contribution is -2.57. The number of piperidine rings is 1. The number of aryl methyl sites for hydroxylation is 1. The Labute approximate surface area is 252 Å². The van der Waals surface area contributed by atoms with Crippen LogP contribution in [0.3, 0.4) is 0 Å². The van der Waals surface area contributed by atoms with Gasteiger partial charge in [0.25, 0.3) is 0 Å². The van der Waals surface area contributed by atoms with Crippen molar-refractivity contribution in [3.63, 3.8) is 0 Å². The lowest BCUT2D eigenvalue weighted by molar-refractivity contribution is -0.144. The fourth-order valence-corrected chi connectivity index (χ4v) is 6.27. The number of aromatic nitrogens is 1. The van der Waals surface area contributed by atoms with Crippen LogP contribution in [0.2, 0.25) is 0 Å². The zero-order valence-corrected chi connectivity index (χ0v) is 26.0. The Bertz CT molecular complexity index is 1210. The molecule has 3 atom stereocenters. The van der Waals surface area contributed by atoms with E-state index in [4.69, 9.17) is 4.74 Å². The number of hydrogen-bond acceptors (Lipinski definition) is 8. The number of thiazole rings is 1. The minimum absolute atomic E-state index is 0.0480. The average Bonchev–Trinajstić information content (AvgIpc) is 3.58. The first-order valence-electron chi connectivity index (χ1n) is 14.9. The summed E-state index contributed by atoms with van der Waals surface area (Å²) in [6.45, 7) is 10.4. The molecule has 4 rings (SSSR count). The van der Waals surface area contributed by atoms with Gasteiger partial charge in [-0.1, -0.05) is 45.0 Å². The van der Waals surface area contributed by atoms with E-state index in [0.29, 0.717) is 19.6 Å². The molecule has 1 aromatic carbocycles. The molecule has 0 spiro atoms. The fraction of sp³-hybridized carbons (Fsp3) is 0.613. The number of benzene rings is 1. The van der Waals surface area contributed by atoms with Crippen LogP contribution in [-0.2, 0) is 25.7 Å². The van der Waals surface area contributed by atoms with Gasteiger partial charge in [-0.2, -0.15) is 0 Å². The molecule has 10 nitrogen and oxygen atoms in total. The third-order valence-corrected chi connectivity index (χ3v) is 8.88. The highest BCUT2D eigenvalue weighted by molar-refractivity contribution is 7.13. The molecule has 2 fully saturated rings. The molecule has 230 valence electrons. The summed E-state index contributed by atoms with van der Waals surface area (Å²) >= 11 is 1.59. The number of aliphatic hydroxyl groups excluding tert-OH is 1. The SMILES string of the molecule is Cc1ncsc1-c1ccc(CNC(=O)[C@@H]2C[C@@H](O)CN2C(=O)[C@@H](NC(=O)CCCOC2CCNCC2)C(C)(C)C)cc1. The fourth-order valence-electron chi connectivity index (χ4n) is 5.46. The Balaban J connectivity index is 1.31. The number of nitrogens with zero attached hydrogens (tertiary/aromatic N) is 2. The maximum absolute atomic E-state index is 13.8. The van der Waals surface area contributed by atoms with Crippen molar-refractivity contribution >= 4 is 29.1 Å². The maximum atomic E-state index is 13.8. The Morgan fingerprint density at radius 2 is 1.90 bits per heavy atom. The molecule has 2 aliphatic rings. The van der Waals surface area contributed by atoms with E-state index < -0.39 is 23.6 Å². The molecule has 0 radical (unpaired) electrons. The first-order chi connectivity index (χ1) is 20.0. The van der Waals surface area contributed by atoms with Crippen LogP contribution in [0, 0.1) is 12.3 Å². The zero-order chi connectivity index (χ0) is 30.3. The predicted molar refractivity (Wildman–Crippen MR) is 163 cm³/mol. The number of carbonyl (C=O) groups is 3. The van der Waals surface area contributed by atoms with Crippen LogP contribution in [0.5, 0.6) is 0 Å². The molecule has 2 aromatic rings. The zero-order valence-electron chi connectivity index (χ0n) is 25.2. The van der Waals surface area contributed by atoms with Crippen molar-refractivity contribution in [3.05, 3.63) is 41.0 Å². The standard InChI is InChI=1S/C31H45N5O5S/c1-20-27(42-19-34-20)22-9-7-21(8-10-22)17-33-29(39)25-16-23(37)18-36(25)30(40)28(31(2,3)4)35-26(38)6-5-15-41-24-11-13-32-14-12-24/h7-10,19,23-25,28,32,37H,5-6,11-18H2,1-4H3,(H,33,39)(H,35,38)/t23-,25+,28-/m1/s1.